The minimum absolute atomic E-state index is 0.786. The fraction of sp³-hybridized carbons (Fsp3) is 0. The fourth-order valence-corrected chi connectivity index (χ4v) is 1.31. The summed E-state index contributed by atoms with van der Waals surface area (Å²) in [5.41, 5.74) is 0. The molecule has 0 aliphatic rings. The van der Waals surface area contributed by atoms with Gasteiger partial charge < -0.3 is 0 Å². The van der Waals surface area contributed by atoms with Crippen molar-refractivity contribution >= 4 is 38.6 Å². The molecule has 0 unspecified atom stereocenters. The van der Waals surface area contributed by atoms with Crippen LogP contribution in [0, 0.1) is 0 Å². The van der Waals surface area contributed by atoms with E-state index in [-0.39, 0.29) is 0 Å². The van der Waals surface area contributed by atoms with Gasteiger partial charge in [-0.2, -0.15) is 0 Å². The molecular weight excluding hydrogens is 171 g/mol. The second-order valence-corrected chi connectivity index (χ2v) is 3.66. The second-order valence-electron chi connectivity index (χ2n) is 1.85. The first-order valence-electron chi connectivity index (χ1n) is 2.62. The third kappa shape index (κ3) is 1.48. The van der Waals surface area contributed by atoms with Gasteiger partial charge in [-0.1, -0.05) is 29.3 Å². The van der Waals surface area contributed by atoms with Crippen molar-refractivity contribution in [2.75, 3.05) is 0 Å². The number of hydrogen-bond donors (Lipinski definition) is 0. The van der Waals surface area contributed by atoms with Crippen LogP contribution in [0.3, 0.4) is 0 Å². The highest BCUT2D eigenvalue weighted by Gasteiger charge is 1.95. The summed E-state index contributed by atoms with van der Waals surface area (Å²) in [6, 6.07) is 5.57. The van der Waals surface area contributed by atoms with Crippen molar-refractivity contribution in [2.45, 2.75) is 0 Å². The normalized spacial score (nSPS) is 10.0. The highest BCUT2D eigenvalue weighted by molar-refractivity contribution is 6.51. The van der Waals surface area contributed by atoms with E-state index >= 15 is 0 Å². The summed E-state index contributed by atoms with van der Waals surface area (Å²) in [4.78, 5) is 0. The van der Waals surface area contributed by atoms with E-state index in [1.807, 2.05) is 18.2 Å². The molecule has 0 spiro atoms. The molecule has 0 N–H and O–H groups in total. The zero-order valence-electron chi connectivity index (χ0n) is 4.99. The van der Waals surface area contributed by atoms with Crippen LogP contribution in [0.4, 0.5) is 0 Å². The third-order valence-corrected chi connectivity index (χ3v) is 3.73. The molecule has 0 saturated heterocycles. The molecule has 9 heavy (non-hydrogen) atoms. The lowest BCUT2D eigenvalue weighted by Gasteiger charge is -1.96. The van der Waals surface area contributed by atoms with E-state index in [4.69, 9.17) is 23.2 Å². The van der Waals surface area contributed by atoms with Gasteiger partial charge in [0.15, 0.2) is 0 Å². The van der Waals surface area contributed by atoms with Crippen LogP contribution in [-0.4, -0.2) is 10.2 Å². The summed E-state index contributed by atoms with van der Waals surface area (Å²) >= 11 is 11.5. The second kappa shape index (κ2) is 2.73. The average molecular weight is 177 g/mol. The molecule has 1 aromatic carbocycles. The van der Waals surface area contributed by atoms with Gasteiger partial charge in [0.2, 0.25) is 0 Å². The van der Waals surface area contributed by atoms with Crippen LogP contribution in [0.5, 0.6) is 0 Å². The van der Waals surface area contributed by atoms with Crippen LogP contribution < -0.4 is 5.19 Å². The van der Waals surface area contributed by atoms with Crippen molar-refractivity contribution in [2.24, 2.45) is 0 Å². The van der Waals surface area contributed by atoms with Crippen molar-refractivity contribution < 1.29 is 0 Å². The standard InChI is InChI=1S/C6H6Cl2Si/c7-4-2-1-3-5(8)6(4)9/h1-3H,9H3. The third-order valence-electron chi connectivity index (χ3n) is 1.20. The predicted octanol–water partition coefficient (Wildman–Crippen LogP) is 0.984. The average Bonchev–Trinajstić information content (AvgIpc) is 1.83. The lowest BCUT2D eigenvalue weighted by atomic mass is 10.4. The van der Waals surface area contributed by atoms with Crippen LogP contribution >= 0.6 is 23.2 Å². The Hall–Kier alpha value is 0.0169. The van der Waals surface area contributed by atoms with Gasteiger partial charge in [-0.25, -0.2) is 0 Å². The molecule has 0 atom stereocenters. The van der Waals surface area contributed by atoms with Gasteiger partial charge in [0.1, 0.15) is 0 Å². The number of hydrogen-bond acceptors (Lipinski definition) is 0. The largest absolute Gasteiger partial charge is 0.0845 e. The highest BCUT2D eigenvalue weighted by atomic mass is 35.5. The molecule has 0 radical (unpaired) electrons. The van der Waals surface area contributed by atoms with Gasteiger partial charge in [0.25, 0.3) is 0 Å². The molecule has 0 fully saturated rings. The monoisotopic (exact) mass is 176 g/mol. The zero-order valence-corrected chi connectivity index (χ0v) is 8.50. The Labute approximate surface area is 67.2 Å². The number of rotatable bonds is 0. The maximum Gasteiger partial charge on any atom is 0.0424 e. The number of benzene rings is 1. The SMILES string of the molecule is [SiH3]c1c(Cl)cccc1Cl. The maximum atomic E-state index is 5.76. The van der Waals surface area contributed by atoms with Gasteiger partial charge in [0, 0.05) is 20.3 Å². The van der Waals surface area contributed by atoms with E-state index in [1.165, 1.54) is 0 Å². The van der Waals surface area contributed by atoms with Crippen LogP contribution in [0.2, 0.25) is 10.0 Å². The summed E-state index contributed by atoms with van der Waals surface area (Å²) in [5, 5.41) is 2.66. The van der Waals surface area contributed by atoms with Gasteiger partial charge in [-0.15, -0.1) is 0 Å². The Morgan fingerprint density at radius 3 is 1.89 bits per heavy atom. The van der Waals surface area contributed by atoms with Crippen molar-refractivity contribution in [3.8, 4) is 0 Å². The molecule has 0 saturated carbocycles. The molecule has 1 rings (SSSR count). The molecule has 0 bridgehead atoms. The molecule has 0 aliphatic heterocycles. The summed E-state index contributed by atoms with van der Waals surface area (Å²) in [7, 11) is 0.915. The van der Waals surface area contributed by atoms with E-state index < -0.39 is 0 Å². The van der Waals surface area contributed by atoms with E-state index in [0.717, 1.165) is 25.5 Å². The topological polar surface area (TPSA) is 0 Å². The highest BCUT2D eigenvalue weighted by Crippen LogP contribution is 2.10. The summed E-state index contributed by atoms with van der Waals surface area (Å²) in [6.07, 6.45) is 0. The quantitative estimate of drug-likeness (QED) is 0.518. The summed E-state index contributed by atoms with van der Waals surface area (Å²) in [6.45, 7) is 0. The molecule has 0 aromatic heterocycles. The zero-order chi connectivity index (χ0) is 6.85. The lowest BCUT2D eigenvalue weighted by molar-refractivity contribution is 1.77. The summed E-state index contributed by atoms with van der Waals surface area (Å²) < 4.78 is 0. The molecule has 1 aromatic rings. The van der Waals surface area contributed by atoms with Crippen molar-refractivity contribution in [1.29, 1.82) is 0 Å². The first-order valence-corrected chi connectivity index (χ1v) is 4.38. The Balaban J connectivity index is 3.25. The molecule has 0 amide bonds. The van der Waals surface area contributed by atoms with Gasteiger partial charge >= 0.3 is 0 Å². The van der Waals surface area contributed by atoms with Crippen LogP contribution in [0.1, 0.15) is 0 Å². The smallest absolute Gasteiger partial charge is 0.0424 e. The van der Waals surface area contributed by atoms with Crippen molar-refractivity contribution in [3.05, 3.63) is 28.2 Å². The van der Waals surface area contributed by atoms with Crippen LogP contribution in [-0.2, 0) is 0 Å². The number of halogens is 2. The van der Waals surface area contributed by atoms with E-state index in [9.17, 15) is 0 Å². The van der Waals surface area contributed by atoms with E-state index in [1.54, 1.807) is 0 Å². The molecule has 0 aliphatic carbocycles. The van der Waals surface area contributed by atoms with Gasteiger partial charge in [-0.3, -0.25) is 0 Å². The van der Waals surface area contributed by atoms with Gasteiger partial charge in [0.05, 0.1) is 0 Å². The Bertz CT molecular complexity index is 202. The van der Waals surface area contributed by atoms with Crippen molar-refractivity contribution in [1.82, 2.24) is 0 Å². The minimum atomic E-state index is 0.786. The molecular formula is C6H6Cl2Si. The van der Waals surface area contributed by atoms with Crippen LogP contribution in [0.15, 0.2) is 18.2 Å². The maximum absolute atomic E-state index is 5.76. The first-order chi connectivity index (χ1) is 4.22. The van der Waals surface area contributed by atoms with E-state index in [0.29, 0.717) is 0 Å². The lowest BCUT2D eigenvalue weighted by Crippen LogP contribution is -2.04. The van der Waals surface area contributed by atoms with Crippen LogP contribution in [0.25, 0.3) is 0 Å². The Kier molecular flexibility index (Phi) is 2.16. The minimum Gasteiger partial charge on any atom is -0.0845 e. The van der Waals surface area contributed by atoms with E-state index in [2.05, 4.69) is 0 Å². The van der Waals surface area contributed by atoms with Gasteiger partial charge in [-0.05, 0) is 17.3 Å². The Morgan fingerprint density at radius 1 is 1.11 bits per heavy atom. The predicted molar refractivity (Wildman–Crippen MR) is 46.0 cm³/mol. The molecule has 0 heterocycles. The van der Waals surface area contributed by atoms with Crippen molar-refractivity contribution in [3.63, 3.8) is 0 Å². The Morgan fingerprint density at radius 2 is 1.56 bits per heavy atom. The molecule has 0 nitrogen and oxygen atoms in total. The molecule has 3 heteroatoms. The molecule has 48 valence electrons. The first kappa shape index (κ1) is 7.13. The fourth-order valence-electron chi connectivity index (χ4n) is 0.581. The summed E-state index contributed by atoms with van der Waals surface area (Å²) in [5.74, 6) is 0.